The summed E-state index contributed by atoms with van der Waals surface area (Å²) in [6, 6.07) is 8.75. The van der Waals surface area contributed by atoms with Gasteiger partial charge in [-0.15, -0.1) is 0 Å². The first-order valence-corrected chi connectivity index (χ1v) is 11.4. The van der Waals surface area contributed by atoms with Crippen molar-refractivity contribution in [3.05, 3.63) is 47.3 Å². The van der Waals surface area contributed by atoms with Crippen molar-refractivity contribution in [1.82, 2.24) is 19.4 Å². The van der Waals surface area contributed by atoms with Crippen molar-refractivity contribution in [2.45, 2.75) is 26.8 Å². The number of imidazole rings is 1. The minimum absolute atomic E-state index is 0.127. The molecule has 1 saturated heterocycles. The van der Waals surface area contributed by atoms with Gasteiger partial charge in [0.25, 0.3) is 0 Å². The largest absolute Gasteiger partial charge is 0.506 e. The molecule has 9 heteroatoms. The molecule has 0 amide bonds. The van der Waals surface area contributed by atoms with Gasteiger partial charge in [-0.2, -0.15) is 0 Å². The third kappa shape index (κ3) is 5.61. The van der Waals surface area contributed by atoms with E-state index in [9.17, 15) is 9.90 Å². The number of morpholine rings is 1. The van der Waals surface area contributed by atoms with Gasteiger partial charge in [-0.3, -0.25) is 9.88 Å². The van der Waals surface area contributed by atoms with Crippen LogP contribution in [0.25, 0.3) is 11.0 Å². The zero-order valence-electron chi connectivity index (χ0n) is 19.2. The van der Waals surface area contributed by atoms with Gasteiger partial charge in [0, 0.05) is 25.3 Å². The van der Waals surface area contributed by atoms with Gasteiger partial charge in [-0.05, 0) is 57.1 Å². The molecule has 2 aromatic heterocycles. The summed E-state index contributed by atoms with van der Waals surface area (Å²) in [4.78, 5) is 23.9. The third-order valence-electron chi connectivity index (χ3n) is 5.69. The predicted molar refractivity (Wildman–Crippen MR) is 126 cm³/mol. The third-order valence-corrected chi connectivity index (χ3v) is 5.69. The van der Waals surface area contributed by atoms with Gasteiger partial charge >= 0.3 is 5.97 Å². The van der Waals surface area contributed by atoms with Gasteiger partial charge in [0.15, 0.2) is 0 Å². The number of nitrogens with one attached hydrogen (secondary N) is 1. The highest BCUT2D eigenvalue weighted by atomic mass is 16.5. The van der Waals surface area contributed by atoms with E-state index < -0.39 is 0 Å². The van der Waals surface area contributed by atoms with Crippen LogP contribution in [0.2, 0.25) is 0 Å². The molecule has 1 aliphatic rings. The Labute approximate surface area is 193 Å². The lowest BCUT2D eigenvalue weighted by atomic mass is 10.2. The van der Waals surface area contributed by atoms with Crippen molar-refractivity contribution >= 4 is 23.0 Å². The molecule has 1 fully saturated rings. The number of esters is 1. The van der Waals surface area contributed by atoms with Crippen molar-refractivity contribution in [1.29, 1.82) is 0 Å². The Morgan fingerprint density at radius 2 is 2.03 bits per heavy atom. The number of anilines is 1. The molecule has 1 aliphatic heterocycles. The fraction of sp³-hybridized carbons (Fsp3) is 0.458. The van der Waals surface area contributed by atoms with Crippen LogP contribution in [0.3, 0.4) is 0 Å². The van der Waals surface area contributed by atoms with E-state index in [0.29, 0.717) is 30.4 Å². The quantitative estimate of drug-likeness (QED) is 0.377. The number of ether oxygens (including phenoxy) is 2. The van der Waals surface area contributed by atoms with E-state index in [1.165, 1.54) is 0 Å². The zero-order valence-corrected chi connectivity index (χ0v) is 19.2. The minimum Gasteiger partial charge on any atom is -0.506 e. The average Bonchev–Trinajstić information content (AvgIpc) is 3.16. The molecule has 176 valence electrons. The molecule has 0 radical (unpaired) electrons. The monoisotopic (exact) mass is 453 g/mol. The summed E-state index contributed by atoms with van der Waals surface area (Å²) in [6.45, 7) is 9.56. The highest BCUT2D eigenvalue weighted by Crippen LogP contribution is 2.25. The van der Waals surface area contributed by atoms with Gasteiger partial charge in [0.2, 0.25) is 5.95 Å². The van der Waals surface area contributed by atoms with Crippen LogP contribution >= 0.6 is 0 Å². The van der Waals surface area contributed by atoms with E-state index in [1.54, 1.807) is 31.2 Å². The molecule has 2 N–H and O–H groups in total. The van der Waals surface area contributed by atoms with Crippen molar-refractivity contribution in [2.24, 2.45) is 0 Å². The van der Waals surface area contributed by atoms with Crippen LogP contribution < -0.4 is 5.32 Å². The van der Waals surface area contributed by atoms with Gasteiger partial charge in [-0.1, -0.05) is 0 Å². The molecule has 0 saturated carbocycles. The van der Waals surface area contributed by atoms with Crippen LogP contribution in [0.15, 0.2) is 30.3 Å². The van der Waals surface area contributed by atoms with Crippen LogP contribution in [0.1, 0.15) is 35.1 Å². The Bertz CT molecular complexity index is 1110. The molecule has 0 bridgehead atoms. The number of carbonyl (C=O) groups excluding carboxylic acids is 1. The molecular formula is C24H31N5O4. The van der Waals surface area contributed by atoms with Crippen LogP contribution in [0, 0.1) is 6.92 Å². The van der Waals surface area contributed by atoms with Crippen molar-refractivity contribution < 1.29 is 19.4 Å². The Kier molecular flexibility index (Phi) is 7.41. The topological polar surface area (TPSA) is 102 Å². The lowest BCUT2D eigenvalue weighted by Gasteiger charge is -2.26. The van der Waals surface area contributed by atoms with E-state index in [1.807, 2.05) is 17.6 Å². The SMILES string of the molecule is CCOC(=O)c1ccc2nc(NCCCN3CCOCC3)n(Cc3nc(C)ccc3O)c2c1. The van der Waals surface area contributed by atoms with E-state index in [0.717, 1.165) is 62.5 Å². The van der Waals surface area contributed by atoms with Crippen molar-refractivity contribution in [2.75, 3.05) is 51.3 Å². The number of pyridine rings is 1. The van der Waals surface area contributed by atoms with Gasteiger partial charge in [0.05, 0.1) is 43.0 Å². The van der Waals surface area contributed by atoms with Crippen LogP contribution in [0.4, 0.5) is 5.95 Å². The fourth-order valence-electron chi connectivity index (χ4n) is 3.96. The Balaban J connectivity index is 1.58. The lowest BCUT2D eigenvalue weighted by molar-refractivity contribution is 0.0378. The first-order valence-electron chi connectivity index (χ1n) is 11.4. The van der Waals surface area contributed by atoms with Crippen LogP contribution in [-0.4, -0.2) is 76.5 Å². The number of fused-ring (bicyclic) bond motifs is 1. The summed E-state index contributed by atoms with van der Waals surface area (Å²) in [6.07, 6.45) is 0.964. The Morgan fingerprint density at radius 3 is 2.82 bits per heavy atom. The standard InChI is InChI=1S/C24H31N5O4/c1-3-33-23(31)18-6-7-19-21(15-18)29(16-20-22(30)8-5-17(2)26-20)24(27-19)25-9-4-10-28-11-13-32-14-12-28/h5-8,15,30H,3-4,9-14,16H2,1-2H3,(H,25,27). The molecule has 0 atom stereocenters. The Morgan fingerprint density at radius 1 is 1.21 bits per heavy atom. The van der Waals surface area contributed by atoms with E-state index in [2.05, 4.69) is 15.2 Å². The number of aromatic hydroxyl groups is 1. The number of rotatable bonds is 9. The minimum atomic E-state index is -0.372. The fourth-order valence-corrected chi connectivity index (χ4v) is 3.96. The second-order valence-electron chi connectivity index (χ2n) is 8.10. The van der Waals surface area contributed by atoms with Crippen molar-refractivity contribution in [3.63, 3.8) is 0 Å². The van der Waals surface area contributed by atoms with E-state index in [-0.39, 0.29) is 11.7 Å². The highest BCUT2D eigenvalue weighted by molar-refractivity contribution is 5.94. The number of aromatic nitrogens is 3. The Hall–Kier alpha value is -3.17. The summed E-state index contributed by atoms with van der Waals surface area (Å²) >= 11 is 0. The number of hydrogen-bond acceptors (Lipinski definition) is 8. The molecular weight excluding hydrogens is 422 g/mol. The maximum atomic E-state index is 12.3. The van der Waals surface area contributed by atoms with Gasteiger partial charge < -0.3 is 24.5 Å². The number of benzene rings is 1. The number of hydrogen-bond donors (Lipinski definition) is 2. The molecule has 4 rings (SSSR count). The van der Waals surface area contributed by atoms with Crippen LogP contribution in [-0.2, 0) is 16.0 Å². The molecule has 33 heavy (non-hydrogen) atoms. The summed E-state index contributed by atoms with van der Waals surface area (Å²) in [7, 11) is 0. The molecule has 3 heterocycles. The van der Waals surface area contributed by atoms with E-state index >= 15 is 0 Å². The summed E-state index contributed by atoms with van der Waals surface area (Å²) in [5.74, 6) is 0.432. The number of aryl methyl sites for hydroxylation is 1. The number of nitrogens with zero attached hydrogens (tertiary/aromatic N) is 4. The molecule has 3 aromatic rings. The lowest BCUT2D eigenvalue weighted by Crippen LogP contribution is -2.37. The molecule has 1 aromatic carbocycles. The van der Waals surface area contributed by atoms with Crippen LogP contribution in [0.5, 0.6) is 5.75 Å². The zero-order chi connectivity index (χ0) is 23.2. The van der Waals surface area contributed by atoms with Gasteiger partial charge in [-0.25, -0.2) is 9.78 Å². The normalized spacial score (nSPS) is 14.5. The highest BCUT2D eigenvalue weighted by Gasteiger charge is 2.17. The number of carbonyl (C=O) groups is 1. The molecule has 9 nitrogen and oxygen atoms in total. The molecule has 0 aliphatic carbocycles. The second-order valence-corrected chi connectivity index (χ2v) is 8.10. The summed E-state index contributed by atoms with van der Waals surface area (Å²) in [5, 5.41) is 13.8. The molecule has 0 unspecified atom stereocenters. The summed E-state index contributed by atoms with van der Waals surface area (Å²) in [5.41, 5.74) is 3.36. The smallest absolute Gasteiger partial charge is 0.338 e. The summed E-state index contributed by atoms with van der Waals surface area (Å²) < 4.78 is 12.5. The van der Waals surface area contributed by atoms with Crippen molar-refractivity contribution in [3.8, 4) is 5.75 Å². The maximum absolute atomic E-state index is 12.3. The predicted octanol–water partition coefficient (Wildman–Crippen LogP) is 2.80. The first kappa shape index (κ1) is 23.0. The van der Waals surface area contributed by atoms with E-state index in [4.69, 9.17) is 14.5 Å². The molecule has 0 spiro atoms. The average molecular weight is 454 g/mol. The van der Waals surface area contributed by atoms with Gasteiger partial charge in [0.1, 0.15) is 11.4 Å². The first-order chi connectivity index (χ1) is 16.0. The maximum Gasteiger partial charge on any atom is 0.338 e. The second kappa shape index (κ2) is 10.6.